The number of allylic oxidation sites excluding steroid dienone is 2. The topological polar surface area (TPSA) is 126 Å². The fourth-order valence-electron chi connectivity index (χ4n) is 25.8. The van der Waals surface area contributed by atoms with E-state index >= 15 is 0 Å². The van der Waals surface area contributed by atoms with Gasteiger partial charge in [-0.2, -0.15) is 0 Å². The number of aliphatic hydroxyl groups is 4. The zero-order valence-electron chi connectivity index (χ0n) is 59.2. The van der Waals surface area contributed by atoms with Crippen LogP contribution in [-0.4, -0.2) is 104 Å². The van der Waals surface area contributed by atoms with Crippen LogP contribution in [0, 0.1) is 133 Å². The summed E-state index contributed by atoms with van der Waals surface area (Å²) in [4.78, 5) is 12.4. The average Bonchev–Trinajstić information content (AvgIpc) is 1.23. The first kappa shape index (κ1) is 68.9. The van der Waals surface area contributed by atoms with Crippen LogP contribution >= 0.6 is 8.58 Å². The molecule has 12 aliphatic carbocycles. The molecule has 0 bridgehead atoms. The predicted octanol–water partition coefficient (Wildman–Crippen LogP) is 17.1. The molecule has 12 fully saturated rings. The Morgan fingerprint density at radius 2 is 0.906 bits per heavy atom. The number of aliphatic hydroxyl groups excluding tert-OH is 1. The second-order valence-corrected chi connectivity index (χ2v) is 35.5. The Bertz CT molecular complexity index is 2270. The van der Waals surface area contributed by atoms with Gasteiger partial charge in [0, 0.05) is 48.4 Å². The molecule has 12 saturated carbocycles. The van der Waals surface area contributed by atoms with Gasteiger partial charge in [0.2, 0.25) is 0 Å². The Kier molecular flexibility index (Phi) is 21.8. The maximum Gasteiger partial charge on any atom is 0.133 e. The number of carbonyl (C=O) groups excluding carboxylic acids is 1. The first-order chi connectivity index (χ1) is 40.3. The van der Waals surface area contributed by atoms with Crippen molar-refractivity contribution in [1.29, 1.82) is 0 Å². The van der Waals surface area contributed by atoms with Crippen LogP contribution in [0.2, 0.25) is 0 Å². The van der Waals surface area contributed by atoms with Gasteiger partial charge in [-0.1, -0.05) is 67.0 Å². The van der Waals surface area contributed by atoms with E-state index in [1.54, 1.807) is 12.5 Å². The molecule has 9 heteroatoms. The van der Waals surface area contributed by atoms with Crippen molar-refractivity contribution in [3.8, 4) is 0 Å². The summed E-state index contributed by atoms with van der Waals surface area (Å²) >= 11 is 0. The van der Waals surface area contributed by atoms with Gasteiger partial charge in [0.15, 0.2) is 0 Å². The van der Waals surface area contributed by atoms with Gasteiger partial charge >= 0.3 is 0 Å². The Morgan fingerprint density at radius 1 is 0.553 bits per heavy atom. The van der Waals surface area contributed by atoms with Crippen molar-refractivity contribution in [3.05, 3.63) is 11.6 Å². The number of carbonyl (C=O) groups is 1. The molecule has 0 aromatic heterocycles. The van der Waals surface area contributed by atoms with E-state index in [0.29, 0.717) is 93.0 Å². The maximum absolute atomic E-state index is 12.4. The summed E-state index contributed by atoms with van der Waals surface area (Å²) in [7, 11) is 6.66. The molecule has 12 aliphatic rings. The number of fused-ring (bicyclic) bond motifs is 15. The summed E-state index contributed by atoms with van der Waals surface area (Å²) in [6, 6.07) is 0. The van der Waals surface area contributed by atoms with E-state index in [0.717, 1.165) is 121 Å². The number of hydrogen-bond acceptors (Lipinski definition) is 8. The lowest BCUT2D eigenvalue weighted by atomic mass is 9.41. The van der Waals surface area contributed by atoms with Crippen LogP contribution in [0.25, 0.3) is 0 Å². The summed E-state index contributed by atoms with van der Waals surface area (Å²) in [5, 5.41) is 42.8. The van der Waals surface area contributed by atoms with Crippen LogP contribution in [0.4, 0.5) is 0 Å². The van der Waals surface area contributed by atoms with Crippen LogP contribution in [0.1, 0.15) is 252 Å². The minimum absolute atomic E-state index is 0.186. The fraction of sp³-hybridized carbons (Fsp3) is 0.961. The van der Waals surface area contributed by atoms with Gasteiger partial charge in [0.25, 0.3) is 0 Å². The normalized spacial score (nSPS) is 52.6. The lowest BCUT2D eigenvalue weighted by Crippen LogP contribution is -2.59. The number of Topliss-reactive ketones (excluding diaryl/α,β-unsaturated/α-hetero) is 1. The van der Waals surface area contributed by atoms with Crippen molar-refractivity contribution in [2.75, 3.05) is 54.5 Å². The molecule has 0 aromatic rings. The molecule has 0 heterocycles. The van der Waals surface area contributed by atoms with Gasteiger partial charge < -0.3 is 34.6 Å². The number of methoxy groups -OCH3 is 3. The molecule has 0 saturated heterocycles. The number of ether oxygens (including phenoxy) is 3. The second kappa shape index (κ2) is 26.9. The minimum Gasteiger partial charge on any atom is -0.393 e. The predicted molar refractivity (Wildman–Crippen MR) is 354 cm³/mol. The number of hydrogen-bond donors (Lipinski definition) is 4. The van der Waals surface area contributed by atoms with Crippen LogP contribution in [0.15, 0.2) is 11.6 Å². The van der Waals surface area contributed by atoms with E-state index in [1.165, 1.54) is 103 Å². The molecule has 492 valence electrons. The van der Waals surface area contributed by atoms with Crippen LogP contribution in [-0.2, 0) is 19.0 Å². The molecular weight excluding hydrogens is 1070 g/mol. The van der Waals surface area contributed by atoms with Gasteiger partial charge in [-0.15, -0.1) is 8.58 Å². The van der Waals surface area contributed by atoms with Crippen molar-refractivity contribution in [1.82, 2.24) is 0 Å². The van der Waals surface area contributed by atoms with Gasteiger partial charge in [-0.25, -0.2) is 0 Å². The second-order valence-electron chi connectivity index (χ2n) is 34.5. The van der Waals surface area contributed by atoms with Crippen molar-refractivity contribution >= 4 is 14.4 Å². The van der Waals surface area contributed by atoms with E-state index in [9.17, 15) is 25.2 Å². The standard InChI is InChI=1S/C24H42O3.C24H40O3.C24H40O2.C2H7P.C2H6/c2*1-15(25)18-6-7-19-21-16(14-27-5)12-17-13-22(2,26)10-11-23(17,3)20(21)8-9-24(18,19)4;1-6-17-7-8-19-21-16(15-26-5)13-18-14-22(2,25)11-12-24(18,4)20(21)9-10-23(17,19)3;1-3-2;1-2/h15-21,25-26H,6-14H2,1-5H3;16-21,26H,6-14H2,1-5H3;6,16,18-21,25H,7-15H2,1-5H3;3H,1-2H3;1-2H3/b;;17-6-;;/t15?,16-,17+,18?,19+,20+,21+,22-,23+,24-;16-,17+,18-,19+,20+,21+,22-,23+,24-;16-,18+,19+,20+,21+,22-,23-,24+;;/m111../s1/i;;;;1D. The third-order valence-electron chi connectivity index (χ3n) is 29.9. The van der Waals surface area contributed by atoms with Crippen LogP contribution in [0.5, 0.6) is 0 Å². The van der Waals surface area contributed by atoms with Gasteiger partial charge in [0.05, 0.1) is 22.9 Å². The zero-order valence-corrected chi connectivity index (χ0v) is 59.2. The largest absolute Gasteiger partial charge is 0.393 e. The Morgan fingerprint density at radius 3 is 1.28 bits per heavy atom. The lowest BCUT2D eigenvalue weighted by Gasteiger charge is -2.64. The monoisotopic (exact) mass is 1210 g/mol. The maximum atomic E-state index is 12.4. The SMILES string of the molecule is C/C=C1/CC[C@H]2[C@@H]3[C@@H](COC)C[C@H]4C[C@](C)(O)CC[C@]4(C)[C@H]3CC[C@]12C.COC[C@H]1C[C@H]2C[C@](C)(O)CC[C@]2(C)[C@H]2CC[C@]3(C)C(C(C)O)CC[C@H]3[C@H]12.COC[C@H]1C[C@H]2C[C@](C)(O)CC[C@]2(C)[C@H]2CC[C@]3(C)[C@@H](C(C)=O)CC[C@H]3[C@H]12.CPC.[2H]CC. The Balaban J connectivity index is 0.000000160. The number of ketones is 1. The van der Waals surface area contributed by atoms with Crippen molar-refractivity contribution in [2.24, 2.45) is 133 Å². The first-order valence-electron chi connectivity index (χ1n) is 36.4. The molecule has 0 amide bonds. The van der Waals surface area contributed by atoms with Crippen LogP contribution < -0.4 is 0 Å². The van der Waals surface area contributed by atoms with E-state index in [1.807, 2.05) is 49.0 Å². The smallest absolute Gasteiger partial charge is 0.133 e. The van der Waals surface area contributed by atoms with E-state index in [4.69, 9.17) is 15.6 Å². The molecule has 27 atom stereocenters. The van der Waals surface area contributed by atoms with Gasteiger partial charge in [-0.3, -0.25) is 4.79 Å². The van der Waals surface area contributed by atoms with Gasteiger partial charge in [0.1, 0.15) is 5.78 Å². The fourth-order valence-corrected chi connectivity index (χ4v) is 25.8. The molecule has 0 radical (unpaired) electrons. The Labute approximate surface area is 525 Å². The summed E-state index contributed by atoms with van der Waals surface area (Å²) < 4.78 is 23.4. The lowest BCUT2D eigenvalue weighted by molar-refractivity contribution is -0.176. The average molecular weight is 1210 g/mol. The van der Waals surface area contributed by atoms with Crippen molar-refractivity contribution in [3.63, 3.8) is 0 Å². The third-order valence-corrected chi connectivity index (χ3v) is 29.9. The quantitative estimate of drug-likeness (QED) is 0.140. The highest BCUT2D eigenvalue weighted by atomic mass is 31.1. The zero-order chi connectivity index (χ0) is 63.4. The molecule has 2 unspecified atom stereocenters. The van der Waals surface area contributed by atoms with E-state index in [2.05, 4.69) is 74.8 Å². The highest BCUT2D eigenvalue weighted by molar-refractivity contribution is 7.35. The summed E-state index contributed by atoms with van der Waals surface area (Å²) in [6.45, 7) is 36.6. The molecule has 4 N–H and O–H groups in total. The third kappa shape index (κ3) is 12.9. The molecule has 12 rings (SSSR count). The van der Waals surface area contributed by atoms with Crippen molar-refractivity contribution < 1.29 is 40.8 Å². The van der Waals surface area contributed by atoms with Gasteiger partial charge in [-0.05, 0) is 336 Å². The summed E-state index contributed by atoms with van der Waals surface area (Å²) in [6.07, 6.45) is 30.5. The minimum atomic E-state index is -0.495. The molecule has 0 aliphatic heterocycles. The van der Waals surface area contributed by atoms with Crippen LogP contribution in [0.3, 0.4) is 0 Å². The molecule has 8 nitrogen and oxygen atoms in total. The summed E-state index contributed by atoms with van der Waals surface area (Å²) in [5.41, 5.74) is 2.39. The molecule has 85 heavy (non-hydrogen) atoms. The summed E-state index contributed by atoms with van der Waals surface area (Å²) in [5.74, 6) is 11.7. The molecule has 0 spiro atoms. The molecule has 0 aromatic carbocycles. The Hall–Kier alpha value is -0.440. The molecular formula is C76H135O8P. The van der Waals surface area contributed by atoms with Crippen molar-refractivity contribution in [2.45, 2.75) is 274 Å². The van der Waals surface area contributed by atoms with E-state index < -0.39 is 16.8 Å². The number of rotatable bonds is 8. The first-order valence-corrected chi connectivity index (χ1v) is 37.7. The van der Waals surface area contributed by atoms with E-state index in [-0.39, 0.29) is 17.4 Å². The highest BCUT2D eigenvalue weighted by Gasteiger charge is 2.67. The highest BCUT2D eigenvalue weighted by Crippen LogP contribution is 2.73.